The topological polar surface area (TPSA) is 73.6 Å². The first-order valence-electron chi connectivity index (χ1n) is 10.1. The van der Waals surface area contributed by atoms with Crippen molar-refractivity contribution in [1.29, 1.82) is 5.26 Å². The highest BCUT2D eigenvalue weighted by atomic mass is 19.1. The second-order valence-corrected chi connectivity index (χ2v) is 7.56. The number of nitrogens with zero attached hydrogens (tertiary/aromatic N) is 2. The fourth-order valence-corrected chi connectivity index (χ4v) is 3.44. The second kappa shape index (κ2) is 11.4. The molecular formula is C24H29FN2O3. The van der Waals surface area contributed by atoms with Crippen LogP contribution in [0.3, 0.4) is 0 Å². The fraction of sp³-hybridized carbons (Fsp3) is 0.417. The zero-order valence-electron chi connectivity index (χ0n) is 17.8. The van der Waals surface area contributed by atoms with E-state index in [1.807, 2.05) is 25.9 Å². The number of hydrogen-bond acceptors (Lipinski definition) is 5. The number of hydrogen-bond donors (Lipinski definition) is 1. The van der Waals surface area contributed by atoms with E-state index in [0.29, 0.717) is 42.4 Å². The van der Waals surface area contributed by atoms with Gasteiger partial charge in [-0.05, 0) is 74.3 Å². The van der Waals surface area contributed by atoms with Crippen molar-refractivity contribution < 1.29 is 19.0 Å². The van der Waals surface area contributed by atoms with Gasteiger partial charge in [-0.3, -0.25) is 4.79 Å². The molecule has 2 aromatic carbocycles. The van der Waals surface area contributed by atoms with Crippen molar-refractivity contribution in [3.8, 4) is 6.07 Å². The largest absolute Gasteiger partial charge is 0.461 e. The van der Waals surface area contributed by atoms with Gasteiger partial charge in [-0.1, -0.05) is 25.1 Å². The number of carbonyl (C=O) groups is 1. The number of aliphatic hydroxyl groups excluding tert-OH is 1. The molecule has 0 saturated carbocycles. The van der Waals surface area contributed by atoms with Crippen molar-refractivity contribution in [2.75, 3.05) is 14.1 Å². The highest BCUT2D eigenvalue weighted by molar-refractivity contribution is 5.69. The van der Waals surface area contributed by atoms with Gasteiger partial charge in [0.15, 0.2) is 0 Å². The number of esters is 1. The average molecular weight is 413 g/mol. The lowest BCUT2D eigenvalue weighted by Gasteiger charge is -2.26. The third-order valence-corrected chi connectivity index (χ3v) is 5.07. The van der Waals surface area contributed by atoms with Crippen LogP contribution in [0.5, 0.6) is 0 Å². The Labute approximate surface area is 177 Å². The van der Waals surface area contributed by atoms with Gasteiger partial charge in [-0.2, -0.15) is 5.26 Å². The molecule has 6 heteroatoms. The highest BCUT2D eigenvalue weighted by Gasteiger charge is 2.19. The summed E-state index contributed by atoms with van der Waals surface area (Å²) in [4.78, 5) is 13.8. The minimum atomic E-state index is -0.777. The first kappa shape index (κ1) is 23.5. The zero-order chi connectivity index (χ0) is 22.1. The van der Waals surface area contributed by atoms with Gasteiger partial charge in [0.05, 0.1) is 17.7 Å². The van der Waals surface area contributed by atoms with E-state index < -0.39 is 6.10 Å². The molecule has 0 spiro atoms. The summed E-state index contributed by atoms with van der Waals surface area (Å²) in [6.45, 7) is 1.92. The van der Waals surface area contributed by atoms with E-state index in [-0.39, 0.29) is 24.4 Å². The normalized spacial score (nSPS) is 13.0. The van der Waals surface area contributed by atoms with Gasteiger partial charge in [0, 0.05) is 12.5 Å². The summed E-state index contributed by atoms with van der Waals surface area (Å²) in [5.74, 6) is -0.583. The van der Waals surface area contributed by atoms with Crippen LogP contribution in [-0.2, 0) is 16.1 Å². The van der Waals surface area contributed by atoms with Crippen LogP contribution in [0.1, 0.15) is 67.0 Å². The molecule has 0 bridgehead atoms. The summed E-state index contributed by atoms with van der Waals surface area (Å²) in [5, 5.41) is 20.0. The number of carbonyl (C=O) groups excluding carboxylic acids is 1. The standard InChI is InChI=1S/C24H29FN2O3/c1-4-5-24(29)30-16-19-14-17(15-26)6-11-21(19)23(28)13-12-22(27(2)3)18-7-9-20(25)10-8-18/h6-11,14,22-23,28H,4-5,12-13,16H2,1-3H3. The van der Waals surface area contributed by atoms with E-state index in [9.17, 15) is 19.6 Å². The third kappa shape index (κ3) is 6.65. The molecule has 0 saturated heterocycles. The predicted molar refractivity (Wildman–Crippen MR) is 113 cm³/mol. The van der Waals surface area contributed by atoms with Gasteiger partial charge >= 0.3 is 5.97 Å². The van der Waals surface area contributed by atoms with Crippen LogP contribution in [-0.4, -0.2) is 30.1 Å². The summed E-state index contributed by atoms with van der Waals surface area (Å²) in [6.07, 6.45) is 1.36. The molecule has 0 aliphatic heterocycles. The number of aliphatic hydroxyl groups is 1. The zero-order valence-corrected chi connectivity index (χ0v) is 17.8. The third-order valence-electron chi connectivity index (χ3n) is 5.07. The molecule has 30 heavy (non-hydrogen) atoms. The van der Waals surface area contributed by atoms with E-state index >= 15 is 0 Å². The molecule has 0 fully saturated rings. The molecule has 2 aromatic rings. The Kier molecular flexibility index (Phi) is 8.97. The molecule has 0 aliphatic carbocycles. The summed E-state index contributed by atoms with van der Waals surface area (Å²) >= 11 is 0. The number of halogens is 1. The number of nitriles is 1. The van der Waals surface area contributed by atoms with Gasteiger partial charge in [-0.15, -0.1) is 0 Å². The lowest BCUT2D eigenvalue weighted by molar-refractivity contribution is -0.145. The molecule has 0 aliphatic rings. The van der Waals surface area contributed by atoms with E-state index in [1.54, 1.807) is 30.3 Å². The Morgan fingerprint density at radius 1 is 1.20 bits per heavy atom. The Hall–Kier alpha value is -2.75. The lowest BCUT2D eigenvalue weighted by Crippen LogP contribution is -2.21. The smallest absolute Gasteiger partial charge is 0.306 e. The van der Waals surface area contributed by atoms with E-state index in [1.165, 1.54) is 12.1 Å². The van der Waals surface area contributed by atoms with Crippen LogP contribution < -0.4 is 0 Å². The number of ether oxygens (including phenoxy) is 1. The van der Waals surface area contributed by atoms with Gasteiger partial charge in [0.25, 0.3) is 0 Å². The monoisotopic (exact) mass is 412 g/mol. The molecule has 160 valence electrons. The van der Waals surface area contributed by atoms with Gasteiger partial charge < -0.3 is 14.7 Å². The Morgan fingerprint density at radius 2 is 1.90 bits per heavy atom. The first-order chi connectivity index (χ1) is 14.3. The van der Waals surface area contributed by atoms with Crippen molar-refractivity contribution in [2.24, 2.45) is 0 Å². The molecule has 0 radical (unpaired) electrons. The number of rotatable bonds is 10. The minimum absolute atomic E-state index is 0.0180. The van der Waals surface area contributed by atoms with Crippen molar-refractivity contribution in [1.82, 2.24) is 4.90 Å². The van der Waals surface area contributed by atoms with Crippen molar-refractivity contribution in [3.05, 3.63) is 70.5 Å². The van der Waals surface area contributed by atoms with Gasteiger partial charge in [-0.25, -0.2) is 4.39 Å². The van der Waals surface area contributed by atoms with E-state index in [0.717, 1.165) is 5.56 Å². The fourth-order valence-electron chi connectivity index (χ4n) is 3.44. The van der Waals surface area contributed by atoms with Crippen LogP contribution >= 0.6 is 0 Å². The Balaban J connectivity index is 2.14. The van der Waals surface area contributed by atoms with Crippen molar-refractivity contribution in [3.63, 3.8) is 0 Å². The molecular weight excluding hydrogens is 383 g/mol. The molecule has 1 N–H and O–H groups in total. The van der Waals surface area contributed by atoms with Crippen molar-refractivity contribution >= 4 is 5.97 Å². The van der Waals surface area contributed by atoms with E-state index in [2.05, 4.69) is 6.07 Å². The van der Waals surface area contributed by atoms with Gasteiger partial charge in [0.1, 0.15) is 12.4 Å². The molecule has 0 aromatic heterocycles. The average Bonchev–Trinajstić information content (AvgIpc) is 2.73. The first-order valence-corrected chi connectivity index (χ1v) is 10.1. The summed E-state index contributed by atoms with van der Waals surface area (Å²) < 4.78 is 18.6. The number of benzene rings is 2. The van der Waals surface area contributed by atoms with Crippen LogP contribution in [0.4, 0.5) is 4.39 Å². The summed E-state index contributed by atoms with van der Waals surface area (Å²) in [5.41, 5.74) is 2.70. The van der Waals surface area contributed by atoms with Crippen molar-refractivity contribution in [2.45, 2.75) is 51.4 Å². The molecule has 2 unspecified atom stereocenters. The maximum absolute atomic E-state index is 13.3. The SMILES string of the molecule is CCCC(=O)OCc1cc(C#N)ccc1C(O)CCC(c1ccc(F)cc1)N(C)C. The Morgan fingerprint density at radius 3 is 2.50 bits per heavy atom. The van der Waals surface area contributed by atoms with Crippen LogP contribution in [0.15, 0.2) is 42.5 Å². The summed E-state index contributed by atoms with van der Waals surface area (Å²) in [7, 11) is 3.89. The minimum Gasteiger partial charge on any atom is -0.461 e. The van der Waals surface area contributed by atoms with Crippen LogP contribution in [0.25, 0.3) is 0 Å². The predicted octanol–water partition coefficient (Wildman–Crippen LogP) is 4.66. The maximum Gasteiger partial charge on any atom is 0.306 e. The van der Waals surface area contributed by atoms with Crippen LogP contribution in [0.2, 0.25) is 0 Å². The molecule has 2 rings (SSSR count). The van der Waals surface area contributed by atoms with Crippen LogP contribution in [0, 0.1) is 17.1 Å². The molecule has 5 nitrogen and oxygen atoms in total. The lowest BCUT2D eigenvalue weighted by atomic mass is 9.93. The van der Waals surface area contributed by atoms with E-state index in [4.69, 9.17) is 4.74 Å². The Bertz CT molecular complexity index is 875. The maximum atomic E-state index is 13.3. The highest BCUT2D eigenvalue weighted by Crippen LogP contribution is 2.30. The quantitative estimate of drug-likeness (QED) is 0.575. The molecule has 2 atom stereocenters. The second-order valence-electron chi connectivity index (χ2n) is 7.56. The molecule has 0 amide bonds. The summed E-state index contributed by atoms with van der Waals surface area (Å²) in [6, 6.07) is 13.5. The molecule has 0 heterocycles. The van der Waals surface area contributed by atoms with Gasteiger partial charge in [0.2, 0.25) is 0 Å².